The third kappa shape index (κ3) is 2.38. The summed E-state index contributed by atoms with van der Waals surface area (Å²) in [5, 5.41) is 0. The summed E-state index contributed by atoms with van der Waals surface area (Å²) in [6, 6.07) is 0. The van der Waals surface area contributed by atoms with Crippen molar-refractivity contribution in [1.29, 1.82) is 0 Å². The minimum Gasteiger partial charge on any atom is -0.492 e. The molecule has 4 nitrogen and oxygen atoms in total. The number of nitrogen functional groups attached to an aromatic ring is 1. The van der Waals surface area contributed by atoms with Gasteiger partial charge in [0.1, 0.15) is 14.8 Å². The number of nitrogens with two attached hydrogens (primary N) is 1. The lowest BCUT2D eigenvalue weighted by Crippen LogP contribution is -2.05. The Labute approximate surface area is 96.7 Å². The van der Waals surface area contributed by atoms with Gasteiger partial charge in [0.2, 0.25) is 0 Å². The van der Waals surface area contributed by atoms with Gasteiger partial charge in [-0.25, -0.2) is 4.79 Å². The van der Waals surface area contributed by atoms with Crippen molar-refractivity contribution in [2.75, 3.05) is 25.7 Å². The normalized spacial score (nSPS) is 10.1. The number of methoxy groups -OCH3 is 1. The first-order valence-electron chi connectivity index (χ1n) is 4.33. The van der Waals surface area contributed by atoms with Crippen LogP contribution < -0.4 is 10.5 Å². The van der Waals surface area contributed by atoms with Crippen LogP contribution in [0.2, 0.25) is 0 Å². The van der Waals surface area contributed by atoms with Crippen molar-refractivity contribution >= 4 is 34.8 Å². The molecule has 84 valence electrons. The third-order valence-electron chi connectivity index (χ3n) is 1.72. The Bertz CT molecular complexity index is 362. The molecule has 6 heteroatoms. The number of rotatable bonds is 4. The maximum absolute atomic E-state index is 11.5. The molecule has 0 aliphatic rings. The second kappa shape index (κ2) is 5.27. The molecular formula is C9H13NO3S2. The Hall–Kier alpha value is -0.880. The van der Waals surface area contributed by atoms with Gasteiger partial charge in [-0.3, -0.25) is 0 Å². The van der Waals surface area contributed by atoms with Gasteiger partial charge in [-0.05, 0) is 13.2 Å². The number of ether oxygens (including phenoxy) is 2. The summed E-state index contributed by atoms with van der Waals surface area (Å²) in [5.74, 6) is 0.175. The Morgan fingerprint density at radius 1 is 1.60 bits per heavy atom. The van der Waals surface area contributed by atoms with Crippen LogP contribution in [0.5, 0.6) is 5.75 Å². The molecule has 0 fully saturated rings. The standard InChI is InChI=1S/C9H13NO3S2/c1-4-13-8(11)7-5(10)6(12-2)9(14-3)15-7/h4,10H2,1-3H3. The van der Waals surface area contributed by atoms with E-state index in [0.717, 1.165) is 4.21 Å². The summed E-state index contributed by atoms with van der Waals surface area (Å²) in [6.45, 7) is 2.10. The highest BCUT2D eigenvalue weighted by Gasteiger charge is 2.22. The molecule has 0 spiro atoms. The highest BCUT2D eigenvalue weighted by molar-refractivity contribution is 8.00. The number of hydrogen-bond acceptors (Lipinski definition) is 6. The average Bonchev–Trinajstić information content (AvgIpc) is 2.55. The first-order valence-corrected chi connectivity index (χ1v) is 6.37. The Morgan fingerprint density at radius 2 is 2.27 bits per heavy atom. The van der Waals surface area contributed by atoms with E-state index in [1.807, 2.05) is 6.26 Å². The number of carbonyl (C=O) groups is 1. The predicted octanol–water partition coefficient (Wildman–Crippen LogP) is 2.24. The van der Waals surface area contributed by atoms with Gasteiger partial charge >= 0.3 is 5.97 Å². The lowest BCUT2D eigenvalue weighted by atomic mass is 10.4. The fraction of sp³-hybridized carbons (Fsp3) is 0.444. The Balaban J connectivity index is 3.09. The molecule has 0 aliphatic heterocycles. The number of hydrogen-bond donors (Lipinski definition) is 1. The number of thioether (sulfide) groups is 1. The molecule has 0 amide bonds. The van der Waals surface area contributed by atoms with Crippen LogP contribution in [0.4, 0.5) is 5.69 Å². The van der Waals surface area contributed by atoms with Crippen LogP contribution in [-0.4, -0.2) is 25.9 Å². The maximum Gasteiger partial charge on any atom is 0.350 e. The van der Waals surface area contributed by atoms with Crippen LogP contribution in [0.25, 0.3) is 0 Å². The minimum atomic E-state index is -0.390. The molecule has 0 atom stereocenters. The first kappa shape index (κ1) is 12.2. The summed E-state index contributed by atoms with van der Waals surface area (Å²) in [5.41, 5.74) is 6.16. The van der Waals surface area contributed by atoms with Gasteiger partial charge in [0, 0.05) is 0 Å². The zero-order chi connectivity index (χ0) is 11.4. The second-order valence-electron chi connectivity index (χ2n) is 2.59. The first-order chi connectivity index (χ1) is 7.15. The molecular weight excluding hydrogens is 234 g/mol. The molecule has 1 aromatic heterocycles. The van der Waals surface area contributed by atoms with Crippen molar-refractivity contribution in [3.63, 3.8) is 0 Å². The van der Waals surface area contributed by atoms with Gasteiger partial charge in [-0.1, -0.05) is 0 Å². The number of thiophene rings is 1. The third-order valence-corrected chi connectivity index (χ3v) is 3.99. The van der Waals surface area contributed by atoms with Crippen LogP contribution in [0, 0.1) is 0 Å². The molecule has 1 heterocycles. The van der Waals surface area contributed by atoms with E-state index in [4.69, 9.17) is 15.2 Å². The van der Waals surface area contributed by atoms with E-state index < -0.39 is 5.97 Å². The SMILES string of the molecule is CCOC(=O)c1sc(SC)c(OC)c1N. The van der Waals surface area contributed by atoms with E-state index in [1.54, 1.807) is 6.92 Å². The molecule has 2 N–H and O–H groups in total. The Kier molecular flexibility index (Phi) is 4.28. The van der Waals surface area contributed by atoms with Crippen LogP contribution >= 0.6 is 23.1 Å². The zero-order valence-electron chi connectivity index (χ0n) is 8.83. The van der Waals surface area contributed by atoms with E-state index in [1.165, 1.54) is 30.2 Å². The highest BCUT2D eigenvalue weighted by atomic mass is 32.2. The number of anilines is 1. The van der Waals surface area contributed by atoms with Gasteiger partial charge < -0.3 is 15.2 Å². The molecule has 0 aliphatic carbocycles. The van der Waals surface area contributed by atoms with Crippen LogP contribution in [-0.2, 0) is 4.74 Å². The molecule has 0 saturated heterocycles. The van der Waals surface area contributed by atoms with Crippen molar-refractivity contribution in [2.24, 2.45) is 0 Å². The number of esters is 1. The molecule has 0 bridgehead atoms. The molecule has 0 radical (unpaired) electrons. The second-order valence-corrected chi connectivity index (χ2v) is 4.69. The van der Waals surface area contributed by atoms with Crippen LogP contribution in [0.1, 0.15) is 16.6 Å². The molecule has 1 aromatic rings. The predicted molar refractivity (Wildman–Crippen MR) is 63.0 cm³/mol. The summed E-state index contributed by atoms with van der Waals surface area (Å²) in [6.07, 6.45) is 1.91. The number of carbonyl (C=O) groups excluding carboxylic acids is 1. The fourth-order valence-corrected chi connectivity index (χ4v) is 2.86. The zero-order valence-corrected chi connectivity index (χ0v) is 10.5. The van der Waals surface area contributed by atoms with Gasteiger partial charge in [0.15, 0.2) is 5.75 Å². The van der Waals surface area contributed by atoms with Gasteiger partial charge in [0.05, 0.1) is 13.7 Å². The summed E-state index contributed by atoms with van der Waals surface area (Å²) in [4.78, 5) is 11.9. The summed E-state index contributed by atoms with van der Waals surface area (Å²) < 4.78 is 10.9. The van der Waals surface area contributed by atoms with E-state index in [2.05, 4.69) is 0 Å². The molecule has 0 aromatic carbocycles. The molecule has 1 rings (SSSR count). The highest BCUT2D eigenvalue weighted by Crippen LogP contribution is 2.43. The smallest absolute Gasteiger partial charge is 0.350 e. The van der Waals surface area contributed by atoms with Gasteiger partial charge in [0.25, 0.3) is 0 Å². The largest absolute Gasteiger partial charge is 0.492 e. The van der Waals surface area contributed by atoms with Gasteiger partial charge in [-0.2, -0.15) is 0 Å². The lowest BCUT2D eigenvalue weighted by molar-refractivity contribution is 0.0533. The van der Waals surface area contributed by atoms with Crippen LogP contribution in [0.15, 0.2) is 4.21 Å². The van der Waals surface area contributed by atoms with E-state index in [9.17, 15) is 4.79 Å². The average molecular weight is 247 g/mol. The minimum absolute atomic E-state index is 0.340. The summed E-state index contributed by atoms with van der Waals surface area (Å²) >= 11 is 2.79. The van der Waals surface area contributed by atoms with E-state index >= 15 is 0 Å². The van der Waals surface area contributed by atoms with Crippen molar-refractivity contribution < 1.29 is 14.3 Å². The van der Waals surface area contributed by atoms with Crippen molar-refractivity contribution in [3.8, 4) is 5.75 Å². The molecule has 15 heavy (non-hydrogen) atoms. The van der Waals surface area contributed by atoms with Gasteiger partial charge in [-0.15, -0.1) is 23.1 Å². The monoisotopic (exact) mass is 247 g/mol. The Morgan fingerprint density at radius 3 is 2.67 bits per heavy atom. The molecule has 0 saturated carbocycles. The van der Waals surface area contributed by atoms with Crippen molar-refractivity contribution in [2.45, 2.75) is 11.1 Å². The van der Waals surface area contributed by atoms with E-state index in [0.29, 0.717) is 22.9 Å². The maximum atomic E-state index is 11.5. The quantitative estimate of drug-likeness (QED) is 0.653. The summed E-state index contributed by atoms with van der Waals surface area (Å²) in [7, 11) is 1.53. The van der Waals surface area contributed by atoms with Crippen LogP contribution in [0.3, 0.4) is 0 Å². The van der Waals surface area contributed by atoms with Crippen molar-refractivity contribution in [1.82, 2.24) is 0 Å². The van der Waals surface area contributed by atoms with E-state index in [-0.39, 0.29) is 0 Å². The lowest BCUT2D eigenvalue weighted by Gasteiger charge is -2.01. The fourth-order valence-electron chi connectivity index (χ4n) is 1.08. The topological polar surface area (TPSA) is 61.5 Å². The van der Waals surface area contributed by atoms with Crippen molar-refractivity contribution in [3.05, 3.63) is 4.88 Å². The molecule has 0 unspecified atom stereocenters.